The number of fused-ring (bicyclic) bond motifs is 1. The van der Waals surface area contributed by atoms with Gasteiger partial charge in [-0.1, -0.05) is 18.2 Å². The lowest BCUT2D eigenvalue weighted by atomic mass is 9.97. The number of esters is 1. The van der Waals surface area contributed by atoms with Crippen molar-refractivity contribution in [2.45, 2.75) is 25.4 Å². The number of anilines is 1. The molecule has 0 spiro atoms. The average Bonchev–Trinajstić information content (AvgIpc) is 2.64. The first-order valence-electron chi connectivity index (χ1n) is 8.75. The summed E-state index contributed by atoms with van der Waals surface area (Å²) in [6.45, 7) is 1.81. The molecule has 0 aliphatic carbocycles. The van der Waals surface area contributed by atoms with Gasteiger partial charge in [0.2, 0.25) is 0 Å². The molecule has 30 heavy (non-hydrogen) atoms. The van der Waals surface area contributed by atoms with Crippen molar-refractivity contribution in [3.05, 3.63) is 59.2 Å². The van der Waals surface area contributed by atoms with Crippen LogP contribution in [0.15, 0.2) is 42.5 Å². The molecule has 0 saturated carbocycles. The van der Waals surface area contributed by atoms with E-state index in [4.69, 9.17) is 4.74 Å². The number of benzene rings is 2. The highest BCUT2D eigenvalue weighted by atomic mass is 32.2. The van der Waals surface area contributed by atoms with Gasteiger partial charge in [-0.2, -0.15) is 21.6 Å². The second-order valence-electron chi connectivity index (χ2n) is 6.60. The molecule has 7 nitrogen and oxygen atoms in total. The van der Waals surface area contributed by atoms with E-state index in [1.165, 1.54) is 35.9 Å². The molecule has 1 amide bonds. The number of amides is 1. The van der Waals surface area contributed by atoms with Crippen molar-refractivity contribution in [1.29, 1.82) is 0 Å². The van der Waals surface area contributed by atoms with Crippen LogP contribution in [-0.2, 0) is 27.8 Å². The molecule has 2 aromatic carbocycles. The highest BCUT2D eigenvalue weighted by molar-refractivity contribution is 7.93. The predicted molar refractivity (Wildman–Crippen MR) is 101 cm³/mol. The number of carbonyl (C=O) groups is 2. The van der Waals surface area contributed by atoms with Crippen molar-refractivity contribution in [2.75, 3.05) is 11.3 Å². The summed E-state index contributed by atoms with van der Waals surface area (Å²) in [5, 5.41) is 0. The van der Waals surface area contributed by atoms with E-state index in [9.17, 15) is 31.2 Å². The van der Waals surface area contributed by atoms with Gasteiger partial charge in [0.05, 0.1) is 0 Å². The Bertz CT molecular complexity index is 1080. The summed E-state index contributed by atoms with van der Waals surface area (Å²) in [5.74, 6) is -0.416. The van der Waals surface area contributed by atoms with Gasteiger partial charge in [0.15, 0.2) is 0 Å². The second-order valence-corrected chi connectivity index (χ2v) is 8.27. The molecule has 160 valence electrons. The fourth-order valence-electron chi connectivity index (χ4n) is 3.06. The van der Waals surface area contributed by atoms with E-state index in [0.29, 0.717) is 35.4 Å². The van der Waals surface area contributed by atoms with Gasteiger partial charge in [-0.05, 0) is 36.2 Å². The van der Waals surface area contributed by atoms with Gasteiger partial charge in [-0.25, -0.2) is 0 Å². The Morgan fingerprint density at radius 2 is 1.83 bits per heavy atom. The minimum Gasteiger partial charge on any atom is -0.426 e. The van der Waals surface area contributed by atoms with Crippen LogP contribution in [0.1, 0.15) is 28.4 Å². The normalized spacial score (nSPS) is 14.3. The number of carbonyl (C=O) groups excluding carboxylic acids is 2. The monoisotopic (exact) mass is 442 g/mol. The summed E-state index contributed by atoms with van der Waals surface area (Å²) in [7, 11) is -5.50. The third-order valence-electron chi connectivity index (χ3n) is 4.42. The number of rotatable bonds is 5. The minimum absolute atomic E-state index is 0.183. The van der Waals surface area contributed by atoms with E-state index in [1.807, 2.05) is 0 Å². The second kappa shape index (κ2) is 7.98. The highest BCUT2D eigenvalue weighted by Crippen LogP contribution is 2.29. The Hall–Kier alpha value is -3.08. The van der Waals surface area contributed by atoms with Crippen LogP contribution in [-0.4, -0.2) is 37.2 Å². The third kappa shape index (κ3) is 4.56. The summed E-state index contributed by atoms with van der Waals surface area (Å²) in [4.78, 5) is 25.6. The first-order valence-corrected chi connectivity index (χ1v) is 10.2. The summed E-state index contributed by atoms with van der Waals surface area (Å²) in [5.41, 5.74) is -3.99. The lowest BCUT2D eigenvalue weighted by Crippen LogP contribution is -2.37. The van der Waals surface area contributed by atoms with Crippen molar-refractivity contribution in [3.8, 4) is 5.75 Å². The molecule has 0 unspecified atom stereocenters. The topological polar surface area (TPSA) is 92.8 Å². The van der Waals surface area contributed by atoms with Crippen molar-refractivity contribution in [2.24, 2.45) is 0 Å². The Morgan fingerprint density at radius 3 is 2.43 bits per heavy atom. The van der Waals surface area contributed by atoms with Crippen LogP contribution in [0.3, 0.4) is 0 Å². The molecule has 0 saturated heterocycles. The molecular weight excluding hydrogens is 425 g/mol. The summed E-state index contributed by atoms with van der Waals surface area (Å²) >= 11 is 0. The van der Waals surface area contributed by atoms with E-state index in [1.54, 1.807) is 23.1 Å². The Morgan fingerprint density at radius 1 is 1.17 bits per heavy atom. The zero-order valence-corrected chi connectivity index (χ0v) is 16.5. The molecule has 11 heteroatoms. The van der Waals surface area contributed by atoms with E-state index < -0.39 is 21.5 Å². The SMILES string of the molecule is CC(=O)Oc1cccc2c1CCN(Cc1ccc(NS(=O)(=O)C(F)(F)F)cc1)C2=O. The average molecular weight is 442 g/mol. The molecule has 1 heterocycles. The van der Waals surface area contributed by atoms with Gasteiger partial charge in [0.25, 0.3) is 5.91 Å². The van der Waals surface area contributed by atoms with Crippen LogP contribution in [0.2, 0.25) is 0 Å². The molecular formula is C19H17F3N2O5S. The Labute approximate surface area is 170 Å². The lowest BCUT2D eigenvalue weighted by molar-refractivity contribution is -0.131. The minimum atomic E-state index is -5.50. The molecule has 1 N–H and O–H groups in total. The van der Waals surface area contributed by atoms with Gasteiger partial charge in [0, 0.05) is 36.8 Å². The summed E-state index contributed by atoms with van der Waals surface area (Å²) in [6.07, 6.45) is 0.466. The Kier molecular flexibility index (Phi) is 5.75. The molecule has 0 fully saturated rings. The number of hydrogen-bond acceptors (Lipinski definition) is 5. The number of nitrogens with one attached hydrogen (secondary N) is 1. The molecule has 1 aliphatic heterocycles. The molecule has 0 bridgehead atoms. The van der Waals surface area contributed by atoms with E-state index >= 15 is 0 Å². The van der Waals surface area contributed by atoms with E-state index in [0.717, 1.165) is 0 Å². The van der Waals surface area contributed by atoms with E-state index in [-0.39, 0.29) is 18.1 Å². The van der Waals surface area contributed by atoms with Crippen molar-refractivity contribution >= 4 is 27.6 Å². The maximum absolute atomic E-state index is 12.8. The zero-order chi connectivity index (χ0) is 22.1. The van der Waals surface area contributed by atoms with E-state index in [2.05, 4.69) is 0 Å². The van der Waals surface area contributed by atoms with Crippen LogP contribution < -0.4 is 9.46 Å². The number of ether oxygens (including phenoxy) is 1. The fraction of sp³-hybridized carbons (Fsp3) is 0.263. The van der Waals surface area contributed by atoms with Crippen LogP contribution in [0.25, 0.3) is 0 Å². The van der Waals surface area contributed by atoms with Crippen LogP contribution in [0.4, 0.5) is 18.9 Å². The lowest BCUT2D eigenvalue weighted by Gasteiger charge is -2.29. The first kappa shape index (κ1) is 21.6. The fourth-order valence-corrected chi connectivity index (χ4v) is 3.62. The van der Waals surface area contributed by atoms with Crippen LogP contribution >= 0.6 is 0 Å². The molecule has 1 aliphatic rings. The number of alkyl halides is 3. The largest absolute Gasteiger partial charge is 0.516 e. The summed E-state index contributed by atoms with van der Waals surface area (Å²) in [6, 6.07) is 10.1. The number of nitrogens with zero attached hydrogens (tertiary/aromatic N) is 1. The molecule has 0 aromatic heterocycles. The van der Waals surface area contributed by atoms with Crippen LogP contribution in [0, 0.1) is 0 Å². The van der Waals surface area contributed by atoms with Crippen molar-refractivity contribution < 1.29 is 35.9 Å². The third-order valence-corrected chi connectivity index (χ3v) is 5.53. The first-order chi connectivity index (χ1) is 14.0. The molecule has 3 rings (SSSR count). The number of halogens is 3. The van der Waals surface area contributed by atoms with Gasteiger partial charge in [-0.15, -0.1) is 0 Å². The molecule has 0 radical (unpaired) electrons. The van der Waals surface area contributed by atoms with Gasteiger partial charge in [0.1, 0.15) is 5.75 Å². The number of sulfonamides is 1. The number of hydrogen-bond donors (Lipinski definition) is 1. The predicted octanol–water partition coefficient (Wildman–Crippen LogP) is 3.07. The molecule has 0 atom stereocenters. The zero-order valence-electron chi connectivity index (χ0n) is 15.7. The highest BCUT2D eigenvalue weighted by Gasteiger charge is 2.46. The van der Waals surface area contributed by atoms with Gasteiger partial charge in [-0.3, -0.25) is 14.3 Å². The summed E-state index contributed by atoms with van der Waals surface area (Å²) < 4.78 is 66.3. The smallest absolute Gasteiger partial charge is 0.426 e. The van der Waals surface area contributed by atoms with Crippen molar-refractivity contribution in [3.63, 3.8) is 0 Å². The standard InChI is InChI=1S/C19H17F3N2O5S/c1-12(25)29-17-4-2-3-16-15(17)9-10-24(18(16)26)11-13-5-7-14(8-6-13)23-30(27,28)19(20,21)22/h2-8,23H,9-11H2,1H3. The van der Waals surface area contributed by atoms with Crippen molar-refractivity contribution in [1.82, 2.24) is 4.90 Å². The van der Waals surface area contributed by atoms with Crippen LogP contribution in [0.5, 0.6) is 5.75 Å². The van der Waals surface area contributed by atoms with Gasteiger partial charge >= 0.3 is 21.5 Å². The maximum atomic E-state index is 12.8. The maximum Gasteiger partial charge on any atom is 0.516 e. The quantitative estimate of drug-likeness (QED) is 0.568. The Balaban J connectivity index is 1.73. The van der Waals surface area contributed by atoms with Gasteiger partial charge < -0.3 is 9.64 Å². The molecule has 2 aromatic rings.